The highest BCUT2D eigenvalue weighted by atomic mass is 15.0. The molecule has 4 heteroatoms. The molecule has 2 rings (SSSR count). The van der Waals surface area contributed by atoms with Gasteiger partial charge in [0.1, 0.15) is 12.1 Å². The van der Waals surface area contributed by atoms with Crippen molar-refractivity contribution in [2.45, 2.75) is 32.7 Å². The quantitative estimate of drug-likeness (QED) is 0.795. The van der Waals surface area contributed by atoms with Crippen molar-refractivity contribution < 1.29 is 0 Å². The van der Waals surface area contributed by atoms with Crippen molar-refractivity contribution in [1.29, 1.82) is 0 Å². The monoisotopic (exact) mass is 218 g/mol. The van der Waals surface area contributed by atoms with E-state index in [2.05, 4.69) is 22.2 Å². The summed E-state index contributed by atoms with van der Waals surface area (Å²) in [4.78, 5) is 8.19. The number of aryl methyl sites for hydroxylation is 1. The molecule has 2 atom stereocenters. The number of aromatic nitrogens is 2. The Morgan fingerprint density at radius 1 is 1.50 bits per heavy atom. The van der Waals surface area contributed by atoms with Crippen molar-refractivity contribution in [2.24, 2.45) is 11.7 Å². The van der Waals surface area contributed by atoms with Crippen LogP contribution in [0.5, 0.6) is 0 Å². The molecule has 16 heavy (non-hydrogen) atoms. The van der Waals surface area contributed by atoms with Crippen LogP contribution < -0.4 is 11.1 Å². The zero-order valence-corrected chi connectivity index (χ0v) is 9.77. The molecule has 1 aliphatic rings. The van der Waals surface area contributed by atoms with Gasteiger partial charge in [0, 0.05) is 24.0 Å². The zero-order chi connectivity index (χ0) is 11.5. The number of anilines is 1. The van der Waals surface area contributed by atoms with Gasteiger partial charge in [-0.05, 0) is 31.3 Å². The molecule has 1 unspecified atom stereocenters. The van der Waals surface area contributed by atoms with E-state index in [1.165, 1.54) is 12.0 Å². The highest BCUT2D eigenvalue weighted by Crippen LogP contribution is 2.28. The molecule has 86 valence electrons. The average molecular weight is 218 g/mol. The van der Waals surface area contributed by atoms with E-state index < -0.39 is 0 Å². The van der Waals surface area contributed by atoms with Crippen molar-refractivity contribution in [3.63, 3.8) is 0 Å². The van der Waals surface area contributed by atoms with Gasteiger partial charge in [-0.25, -0.2) is 9.97 Å². The van der Waals surface area contributed by atoms with Gasteiger partial charge < -0.3 is 11.1 Å². The zero-order valence-electron chi connectivity index (χ0n) is 9.77. The van der Waals surface area contributed by atoms with Gasteiger partial charge in [0.25, 0.3) is 0 Å². The van der Waals surface area contributed by atoms with E-state index in [9.17, 15) is 0 Å². The Morgan fingerprint density at radius 2 is 2.31 bits per heavy atom. The van der Waals surface area contributed by atoms with Crippen LogP contribution >= 0.6 is 0 Å². The van der Waals surface area contributed by atoms with Crippen LogP contribution in [0.3, 0.4) is 0 Å². The van der Waals surface area contributed by atoms with Crippen molar-refractivity contribution in [1.82, 2.24) is 9.97 Å². The van der Waals surface area contributed by atoms with Crippen LogP contribution in [0, 0.1) is 12.8 Å². The van der Waals surface area contributed by atoms with Gasteiger partial charge >= 0.3 is 0 Å². The lowest BCUT2D eigenvalue weighted by Gasteiger charge is -2.10. The van der Waals surface area contributed by atoms with E-state index in [1.807, 2.05) is 19.2 Å². The molecule has 0 aromatic carbocycles. The van der Waals surface area contributed by atoms with Gasteiger partial charge in [-0.15, -0.1) is 0 Å². The molecule has 0 aliphatic heterocycles. The number of hydrogen-bond acceptors (Lipinski definition) is 4. The lowest BCUT2D eigenvalue weighted by atomic mass is 10.1. The van der Waals surface area contributed by atoms with E-state index in [-0.39, 0.29) is 6.04 Å². The van der Waals surface area contributed by atoms with Gasteiger partial charge in [0.15, 0.2) is 0 Å². The molecule has 1 aromatic rings. The molecular formula is C12H18N4. The number of hydrogen-bond donors (Lipinski definition) is 2. The summed E-state index contributed by atoms with van der Waals surface area (Å²) in [6, 6.07) is 2.11. The van der Waals surface area contributed by atoms with Crippen LogP contribution in [0.15, 0.2) is 24.2 Å². The third-order valence-corrected chi connectivity index (χ3v) is 3.14. The largest absolute Gasteiger partial charge is 0.347 e. The fourth-order valence-corrected chi connectivity index (χ4v) is 1.97. The first-order valence-corrected chi connectivity index (χ1v) is 5.66. The maximum absolute atomic E-state index is 6.08. The minimum atomic E-state index is 0.190. The van der Waals surface area contributed by atoms with Crippen molar-refractivity contribution in [2.75, 3.05) is 5.32 Å². The predicted molar refractivity (Wildman–Crippen MR) is 64.8 cm³/mol. The third kappa shape index (κ3) is 2.39. The molecule has 0 radical (unpaired) electrons. The molecule has 1 heterocycles. The minimum Gasteiger partial charge on any atom is -0.347 e. The molecule has 1 saturated carbocycles. The second kappa shape index (κ2) is 4.61. The van der Waals surface area contributed by atoms with E-state index in [4.69, 9.17) is 5.73 Å². The van der Waals surface area contributed by atoms with Gasteiger partial charge in [-0.2, -0.15) is 0 Å². The van der Waals surface area contributed by atoms with Crippen molar-refractivity contribution in [3.8, 4) is 0 Å². The SMILES string of the molecule is Cc1cc(N/C=C2\CCC(C)[C@H]2N)ncn1. The van der Waals surface area contributed by atoms with Crippen LogP contribution in [0.2, 0.25) is 0 Å². The number of nitrogens with two attached hydrogens (primary N) is 1. The second-order valence-corrected chi connectivity index (χ2v) is 4.45. The third-order valence-electron chi connectivity index (χ3n) is 3.14. The fraction of sp³-hybridized carbons (Fsp3) is 0.500. The summed E-state index contributed by atoms with van der Waals surface area (Å²) in [5.41, 5.74) is 8.32. The van der Waals surface area contributed by atoms with Crippen LogP contribution in [0.4, 0.5) is 5.82 Å². The Morgan fingerprint density at radius 3 is 2.94 bits per heavy atom. The second-order valence-electron chi connectivity index (χ2n) is 4.45. The predicted octanol–water partition coefficient (Wildman–Crippen LogP) is 1.84. The molecule has 1 aliphatic carbocycles. The van der Waals surface area contributed by atoms with Gasteiger partial charge in [0.2, 0.25) is 0 Å². The molecule has 3 N–H and O–H groups in total. The Balaban J connectivity index is 2.04. The number of nitrogens with one attached hydrogen (secondary N) is 1. The molecular weight excluding hydrogens is 200 g/mol. The Kier molecular flexibility index (Phi) is 3.19. The first kappa shape index (κ1) is 11.1. The highest BCUT2D eigenvalue weighted by molar-refractivity contribution is 5.39. The topological polar surface area (TPSA) is 63.8 Å². The minimum absolute atomic E-state index is 0.190. The Bertz CT molecular complexity index is 400. The van der Waals surface area contributed by atoms with Crippen LogP contribution in [0.1, 0.15) is 25.5 Å². The van der Waals surface area contributed by atoms with Gasteiger partial charge in [-0.3, -0.25) is 0 Å². The lowest BCUT2D eigenvalue weighted by Crippen LogP contribution is -2.24. The summed E-state index contributed by atoms with van der Waals surface area (Å²) in [6.07, 6.45) is 5.82. The van der Waals surface area contributed by atoms with Gasteiger partial charge in [-0.1, -0.05) is 6.92 Å². The fourth-order valence-electron chi connectivity index (χ4n) is 1.97. The first-order valence-electron chi connectivity index (χ1n) is 5.66. The first-order chi connectivity index (χ1) is 7.66. The van der Waals surface area contributed by atoms with Crippen molar-refractivity contribution >= 4 is 5.82 Å². The smallest absolute Gasteiger partial charge is 0.133 e. The van der Waals surface area contributed by atoms with Crippen molar-refractivity contribution in [3.05, 3.63) is 29.9 Å². The number of nitrogens with zero attached hydrogens (tertiary/aromatic N) is 2. The lowest BCUT2D eigenvalue weighted by molar-refractivity contribution is 0.551. The maximum atomic E-state index is 6.08. The molecule has 0 bridgehead atoms. The van der Waals surface area contributed by atoms with Crippen LogP contribution in [0.25, 0.3) is 0 Å². The van der Waals surface area contributed by atoms with Gasteiger partial charge in [0.05, 0.1) is 0 Å². The number of rotatable bonds is 2. The summed E-state index contributed by atoms with van der Waals surface area (Å²) >= 11 is 0. The van der Waals surface area contributed by atoms with Crippen LogP contribution in [-0.4, -0.2) is 16.0 Å². The maximum Gasteiger partial charge on any atom is 0.133 e. The molecule has 1 aromatic heterocycles. The normalized spacial score (nSPS) is 27.3. The van der Waals surface area contributed by atoms with E-state index in [1.54, 1.807) is 6.33 Å². The molecule has 1 fully saturated rings. The van der Waals surface area contributed by atoms with Crippen LogP contribution in [-0.2, 0) is 0 Å². The standard InChI is InChI=1S/C12H18N4/c1-8-3-4-10(12(8)13)6-14-11-5-9(2)15-7-16-11/h5-8,12H,3-4,13H2,1-2H3,(H,14,15,16)/b10-6+/t8?,12-/m1/s1. The summed E-state index contributed by atoms with van der Waals surface area (Å²) < 4.78 is 0. The summed E-state index contributed by atoms with van der Waals surface area (Å²) in [5, 5.41) is 3.19. The summed E-state index contributed by atoms with van der Waals surface area (Å²) in [7, 11) is 0. The average Bonchev–Trinajstić information content (AvgIpc) is 2.57. The highest BCUT2D eigenvalue weighted by Gasteiger charge is 2.24. The van der Waals surface area contributed by atoms with E-state index >= 15 is 0 Å². The summed E-state index contributed by atoms with van der Waals surface area (Å²) in [5.74, 6) is 1.41. The Labute approximate surface area is 96.0 Å². The molecule has 0 saturated heterocycles. The summed E-state index contributed by atoms with van der Waals surface area (Å²) in [6.45, 7) is 4.14. The molecule has 0 spiro atoms. The Hall–Kier alpha value is -1.42. The molecule has 4 nitrogen and oxygen atoms in total. The molecule has 0 amide bonds. The van der Waals surface area contributed by atoms with E-state index in [0.29, 0.717) is 5.92 Å². The van der Waals surface area contributed by atoms with E-state index in [0.717, 1.165) is 17.9 Å².